The van der Waals surface area contributed by atoms with Crippen molar-refractivity contribution in [1.82, 2.24) is 0 Å². The van der Waals surface area contributed by atoms with Crippen LogP contribution in [0.5, 0.6) is 11.5 Å². The van der Waals surface area contributed by atoms with E-state index < -0.39 is 0 Å². The van der Waals surface area contributed by atoms with Crippen LogP contribution in [0.3, 0.4) is 0 Å². The number of rotatable bonds is 5. The Bertz CT molecular complexity index is 614. The topological polar surface area (TPSA) is 18.5 Å². The van der Waals surface area contributed by atoms with Gasteiger partial charge in [-0.3, -0.25) is 0 Å². The van der Waals surface area contributed by atoms with Crippen molar-refractivity contribution in [3.8, 4) is 11.5 Å². The SMILES string of the molecule is CCOc1cc(Cl)c(C(Br)c2ccc(OC)cc2)cc1Cl. The van der Waals surface area contributed by atoms with Crippen LogP contribution < -0.4 is 9.47 Å². The lowest BCUT2D eigenvalue weighted by Gasteiger charge is -2.15. The number of alkyl halides is 1. The van der Waals surface area contributed by atoms with Gasteiger partial charge in [-0.2, -0.15) is 0 Å². The molecule has 2 aromatic carbocycles. The average Bonchev–Trinajstić information content (AvgIpc) is 2.50. The van der Waals surface area contributed by atoms with Gasteiger partial charge in [-0.05, 0) is 36.2 Å². The minimum absolute atomic E-state index is 0.0518. The van der Waals surface area contributed by atoms with Gasteiger partial charge in [0.05, 0.1) is 23.6 Å². The molecule has 112 valence electrons. The predicted molar refractivity (Wildman–Crippen MR) is 91.4 cm³/mol. The minimum atomic E-state index is -0.0518. The van der Waals surface area contributed by atoms with Crippen LogP contribution in [0.4, 0.5) is 0 Å². The fraction of sp³-hybridized carbons (Fsp3) is 0.250. The van der Waals surface area contributed by atoms with Gasteiger partial charge in [-0.1, -0.05) is 51.3 Å². The summed E-state index contributed by atoms with van der Waals surface area (Å²) in [5, 5.41) is 1.16. The van der Waals surface area contributed by atoms with Crippen molar-refractivity contribution in [2.75, 3.05) is 13.7 Å². The molecule has 0 aliphatic heterocycles. The molecule has 2 nitrogen and oxygen atoms in total. The highest BCUT2D eigenvalue weighted by Crippen LogP contribution is 2.40. The number of benzene rings is 2. The summed E-state index contributed by atoms with van der Waals surface area (Å²) in [6.07, 6.45) is 0. The van der Waals surface area contributed by atoms with Crippen molar-refractivity contribution in [3.05, 3.63) is 57.6 Å². The molecule has 0 radical (unpaired) electrons. The van der Waals surface area contributed by atoms with E-state index in [1.807, 2.05) is 37.3 Å². The van der Waals surface area contributed by atoms with E-state index >= 15 is 0 Å². The molecule has 0 saturated heterocycles. The highest BCUT2D eigenvalue weighted by atomic mass is 79.9. The Morgan fingerprint density at radius 1 is 1.10 bits per heavy atom. The molecule has 5 heteroatoms. The van der Waals surface area contributed by atoms with Gasteiger partial charge in [0, 0.05) is 11.1 Å². The summed E-state index contributed by atoms with van der Waals surface area (Å²) in [6, 6.07) is 11.4. The smallest absolute Gasteiger partial charge is 0.139 e. The maximum absolute atomic E-state index is 6.35. The van der Waals surface area contributed by atoms with Crippen LogP contribution in [0.2, 0.25) is 10.0 Å². The third kappa shape index (κ3) is 3.85. The number of ether oxygens (including phenoxy) is 2. The summed E-state index contributed by atoms with van der Waals surface area (Å²) < 4.78 is 10.6. The van der Waals surface area contributed by atoms with Crippen LogP contribution in [-0.4, -0.2) is 13.7 Å². The molecule has 1 unspecified atom stereocenters. The normalized spacial score (nSPS) is 12.0. The summed E-state index contributed by atoms with van der Waals surface area (Å²) in [5.74, 6) is 1.41. The van der Waals surface area contributed by atoms with E-state index in [0.29, 0.717) is 22.4 Å². The summed E-state index contributed by atoms with van der Waals surface area (Å²) >= 11 is 16.2. The number of methoxy groups -OCH3 is 1. The van der Waals surface area contributed by atoms with Gasteiger partial charge in [-0.25, -0.2) is 0 Å². The second-order valence-corrected chi connectivity index (χ2v) is 6.10. The largest absolute Gasteiger partial charge is 0.497 e. The molecule has 1 atom stereocenters. The Hall–Kier alpha value is -0.900. The Morgan fingerprint density at radius 2 is 1.76 bits per heavy atom. The first kappa shape index (κ1) is 16.5. The van der Waals surface area contributed by atoms with Crippen LogP contribution >= 0.6 is 39.1 Å². The fourth-order valence-electron chi connectivity index (χ4n) is 1.96. The van der Waals surface area contributed by atoms with Gasteiger partial charge < -0.3 is 9.47 Å². The van der Waals surface area contributed by atoms with Crippen molar-refractivity contribution in [2.24, 2.45) is 0 Å². The number of hydrogen-bond donors (Lipinski definition) is 0. The van der Waals surface area contributed by atoms with Crippen molar-refractivity contribution in [2.45, 2.75) is 11.8 Å². The van der Waals surface area contributed by atoms with Crippen LogP contribution in [-0.2, 0) is 0 Å². The molecule has 0 heterocycles. The first-order valence-corrected chi connectivity index (χ1v) is 8.13. The van der Waals surface area contributed by atoms with Crippen LogP contribution in [0.15, 0.2) is 36.4 Å². The molecule has 0 spiro atoms. The average molecular weight is 390 g/mol. The van der Waals surface area contributed by atoms with E-state index in [2.05, 4.69) is 15.9 Å². The third-order valence-electron chi connectivity index (χ3n) is 3.03. The maximum Gasteiger partial charge on any atom is 0.139 e. The second-order valence-electron chi connectivity index (χ2n) is 4.37. The van der Waals surface area contributed by atoms with E-state index in [1.165, 1.54) is 0 Å². The maximum atomic E-state index is 6.35. The molecule has 2 rings (SSSR count). The van der Waals surface area contributed by atoms with Gasteiger partial charge in [0.2, 0.25) is 0 Å². The van der Waals surface area contributed by atoms with Crippen molar-refractivity contribution < 1.29 is 9.47 Å². The second kappa shape index (κ2) is 7.39. The van der Waals surface area contributed by atoms with Crippen LogP contribution in [0.25, 0.3) is 0 Å². The first-order valence-electron chi connectivity index (χ1n) is 6.46. The zero-order valence-electron chi connectivity index (χ0n) is 11.7. The molecule has 0 bridgehead atoms. The van der Waals surface area contributed by atoms with Gasteiger partial charge in [-0.15, -0.1) is 0 Å². The first-order chi connectivity index (χ1) is 10.1. The molecular weight excluding hydrogens is 375 g/mol. The molecule has 0 aliphatic carbocycles. The Labute approximate surface area is 143 Å². The molecular formula is C16H15BrCl2O2. The zero-order valence-corrected chi connectivity index (χ0v) is 14.8. The van der Waals surface area contributed by atoms with Crippen LogP contribution in [0.1, 0.15) is 22.9 Å². The zero-order chi connectivity index (χ0) is 15.4. The number of halogens is 3. The van der Waals surface area contributed by atoms with Crippen LogP contribution in [0, 0.1) is 0 Å². The van der Waals surface area contributed by atoms with Crippen molar-refractivity contribution in [1.29, 1.82) is 0 Å². The standard InChI is InChI=1S/C16H15BrCl2O2/c1-3-21-15-9-13(18)12(8-14(15)19)16(17)10-4-6-11(20-2)7-5-10/h4-9,16H,3H2,1-2H3. The van der Waals surface area contributed by atoms with Gasteiger partial charge >= 0.3 is 0 Å². The lowest BCUT2D eigenvalue weighted by atomic mass is 10.0. The third-order valence-corrected chi connectivity index (χ3v) is 4.68. The predicted octanol–water partition coefficient (Wildman–Crippen LogP) is 5.89. The lowest BCUT2D eigenvalue weighted by molar-refractivity contribution is 0.340. The number of hydrogen-bond acceptors (Lipinski definition) is 2. The Kier molecular flexibility index (Phi) is 5.80. The molecule has 2 aromatic rings. The summed E-state index contributed by atoms with van der Waals surface area (Å²) in [7, 11) is 1.64. The van der Waals surface area contributed by atoms with E-state index in [0.717, 1.165) is 16.9 Å². The Morgan fingerprint density at radius 3 is 2.33 bits per heavy atom. The summed E-state index contributed by atoms with van der Waals surface area (Å²) in [5.41, 5.74) is 1.97. The fourth-order valence-corrected chi connectivity index (χ4v) is 3.26. The van der Waals surface area contributed by atoms with Crippen molar-refractivity contribution >= 4 is 39.1 Å². The van der Waals surface area contributed by atoms with Crippen molar-refractivity contribution in [3.63, 3.8) is 0 Å². The molecule has 0 saturated carbocycles. The summed E-state index contributed by atoms with van der Waals surface area (Å²) in [6.45, 7) is 2.45. The molecule has 0 aliphatic rings. The minimum Gasteiger partial charge on any atom is -0.497 e. The van der Waals surface area contributed by atoms with Gasteiger partial charge in [0.1, 0.15) is 11.5 Å². The quantitative estimate of drug-likeness (QED) is 0.594. The van der Waals surface area contributed by atoms with E-state index in [9.17, 15) is 0 Å². The monoisotopic (exact) mass is 388 g/mol. The Balaban J connectivity index is 2.33. The molecule has 0 N–H and O–H groups in total. The molecule has 0 aromatic heterocycles. The van der Waals surface area contributed by atoms with E-state index in [4.69, 9.17) is 32.7 Å². The highest BCUT2D eigenvalue weighted by molar-refractivity contribution is 9.09. The highest BCUT2D eigenvalue weighted by Gasteiger charge is 2.17. The van der Waals surface area contributed by atoms with E-state index in [-0.39, 0.29) is 4.83 Å². The van der Waals surface area contributed by atoms with Gasteiger partial charge in [0.25, 0.3) is 0 Å². The molecule has 21 heavy (non-hydrogen) atoms. The van der Waals surface area contributed by atoms with Gasteiger partial charge in [0.15, 0.2) is 0 Å². The summed E-state index contributed by atoms with van der Waals surface area (Å²) in [4.78, 5) is -0.0518. The molecule has 0 fully saturated rings. The van der Waals surface area contributed by atoms with E-state index in [1.54, 1.807) is 13.2 Å². The molecule has 0 amide bonds. The lowest BCUT2D eigenvalue weighted by Crippen LogP contribution is -1.97.